The third kappa shape index (κ3) is 5.62. The largest absolute Gasteiger partial charge is 0.299 e. The van der Waals surface area contributed by atoms with Crippen LogP contribution in [0, 0.1) is 38.0 Å². The van der Waals surface area contributed by atoms with Crippen molar-refractivity contribution in [3.05, 3.63) is 28.8 Å². The van der Waals surface area contributed by atoms with Crippen LogP contribution in [0.5, 0.6) is 0 Å². The minimum atomic E-state index is -0.248. The van der Waals surface area contributed by atoms with Gasteiger partial charge < -0.3 is 0 Å². The van der Waals surface area contributed by atoms with E-state index in [1.54, 1.807) is 0 Å². The van der Waals surface area contributed by atoms with Gasteiger partial charge in [-0.15, -0.1) is 11.8 Å². The number of rotatable bonds is 6. The average Bonchev–Trinajstić information content (AvgIpc) is 2.56. The van der Waals surface area contributed by atoms with Gasteiger partial charge in [0.25, 0.3) is 0 Å². The van der Waals surface area contributed by atoms with E-state index in [2.05, 4.69) is 60.6 Å². The Kier molecular flexibility index (Phi) is 7.42. The van der Waals surface area contributed by atoms with Crippen molar-refractivity contribution in [1.82, 2.24) is 0 Å². The lowest BCUT2D eigenvalue weighted by Crippen LogP contribution is -2.31. The van der Waals surface area contributed by atoms with E-state index in [0.717, 1.165) is 5.92 Å². The van der Waals surface area contributed by atoms with Crippen molar-refractivity contribution in [2.45, 2.75) is 97.1 Å². The summed E-state index contributed by atoms with van der Waals surface area (Å²) in [6.07, 6.45) is 7.49. The van der Waals surface area contributed by atoms with Crippen molar-refractivity contribution in [1.29, 1.82) is 0 Å². The molecule has 0 aliphatic heterocycles. The molecule has 0 saturated heterocycles. The van der Waals surface area contributed by atoms with Crippen molar-refractivity contribution >= 4 is 17.5 Å². The highest BCUT2D eigenvalue weighted by molar-refractivity contribution is 8.00. The molecular formula is C24H38OS. The normalized spacial score (nSPS) is 18.6. The zero-order valence-electron chi connectivity index (χ0n) is 17.9. The smallest absolute Gasteiger partial charge is 0.139 e. The van der Waals surface area contributed by atoms with Gasteiger partial charge in [-0.25, -0.2) is 0 Å². The highest BCUT2D eigenvalue weighted by atomic mass is 32.2. The van der Waals surface area contributed by atoms with E-state index < -0.39 is 0 Å². The maximum absolute atomic E-state index is 12.9. The molecule has 1 aromatic rings. The number of aryl methyl sites for hydroxylation is 3. The standard InChI is InChI=1S/C24H38OS/c1-16-13-17(2)23(18(3)14-16)26-21(15-22(25)24(5,6)7)19(4)20-11-9-8-10-12-20/h13-14,19-21H,8-12,15H2,1-7H3/t19-,21+/m1/s1. The Balaban J connectivity index is 2.26. The molecule has 26 heavy (non-hydrogen) atoms. The SMILES string of the molecule is Cc1cc(C)c(S[C@@H](CC(=O)C(C)(C)C)[C@H](C)C2CCCCC2)c(C)c1. The van der Waals surface area contributed by atoms with E-state index in [-0.39, 0.29) is 5.41 Å². The lowest BCUT2D eigenvalue weighted by molar-refractivity contribution is -0.126. The van der Waals surface area contributed by atoms with Gasteiger partial charge in [-0.2, -0.15) is 0 Å². The predicted molar refractivity (Wildman–Crippen MR) is 115 cm³/mol. The van der Waals surface area contributed by atoms with Crippen molar-refractivity contribution in [3.63, 3.8) is 0 Å². The monoisotopic (exact) mass is 374 g/mol. The molecule has 0 heterocycles. The molecule has 1 nitrogen and oxygen atoms in total. The van der Waals surface area contributed by atoms with E-state index >= 15 is 0 Å². The first-order chi connectivity index (χ1) is 12.1. The molecule has 1 aliphatic carbocycles. The van der Waals surface area contributed by atoms with E-state index in [9.17, 15) is 4.79 Å². The third-order valence-corrected chi connectivity index (χ3v) is 7.86. The van der Waals surface area contributed by atoms with Gasteiger partial charge >= 0.3 is 0 Å². The van der Waals surface area contributed by atoms with Crippen LogP contribution in [-0.2, 0) is 4.79 Å². The van der Waals surface area contributed by atoms with Gasteiger partial charge in [0.1, 0.15) is 5.78 Å². The second-order valence-electron chi connectivity index (χ2n) is 9.52. The molecule has 0 amide bonds. The molecule has 2 rings (SSSR count). The topological polar surface area (TPSA) is 17.1 Å². The van der Waals surface area contributed by atoms with Gasteiger partial charge in [0.2, 0.25) is 0 Å². The maximum Gasteiger partial charge on any atom is 0.139 e. The Labute approximate surface area is 165 Å². The van der Waals surface area contributed by atoms with Crippen LogP contribution in [0.25, 0.3) is 0 Å². The van der Waals surface area contributed by atoms with Gasteiger partial charge in [0, 0.05) is 22.0 Å². The number of ketones is 1. The van der Waals surface area contributed by atoms with E-state index in [1.807, 2.05) is 11.8 Å². The Hall–Kier alpha value is -0.760. The number of benzene rings is 1. The zero-order valence-corrected chi connectivity index (χ0v) is 18.8. The molecule has 0 N–H and O–H groups in total. The molecule has 1 aromatic carbocycles. The highest BCUT2D eigenvalue weighted by Gasteiger charge is 2.32. The molecular weight excluding hydrogens is 336 g/mol. The van der Waals surface area contributed by atoms with Gasteiger partial charge in [-0.05, 0) is 43.7 Å². The Morgan fingerprint density at radius 3 is 2.12 bits per heavy atom. The molecule has 0 aromatic heterocycles. The molecule has 1 aliphatic rings. The van der Waals surface area contributed by atoms with Crippen LogP contribution in [0.4, 0.5) is 0 Å². The van der Waals surface area contributed by atoms with Crippen molar-refractivity contribution < 1.29 is 4.79 Å². The quantitative estimate of drug-likeness (QED) is 0.486. The van der Waals surface area contributed by atoms with Gasteiger partial charge in [-0.3, -0.25) is 4.79 Å². The Bertz CT molecular complexity index is 597. The van der Waals surface area contributed by atoms with Crippen molar-refractivity contribution in [2.24, 2.45) is 17.3 Å². The van der Waals surface area contributed by atoms with Crippen molar-refractivity contribution in [2.75, 3.05) is 0 Å². The van der Waals surface area contributed by atoms with Crippen LogP contribution in [-0.4, -0.2) is 11.0 Å². The molecule has 1 saturated carbocycles. The van der Waals surface area contributed by atoms with E-state index in [4.69, 9.17) is 0 Å². The second-order valence-corrected chi connectivity index (χ2v) is 10.8. The number of Topliss-reactive ketones (excluding diaryl/α,β-unsaturated/α-hetero) is 1. The van der Waals surface area contributed by atoms with Crippen LogP contribution >= 0.6 is 11.8 Å². The second kappa shape index (κ2) is 8.95. The van der Waals surface area contributed by atoms with Gasteiger partial charge in [-0.1, -0.05) is 77.5 Å². The number of thioether (sulfide) groups is 1. The van der Waals surface area contributed by atoms with Crippen LogP contribution < -0.4 is 0 Å². The first kappa shape index (κ1) is 21.5. The summed E-state index contributed by atoms with van der Waals surface area (Å²) in [5.74, 6) is 1.77. The van der Waals surface area contributed by atoms with Crippen LogP contribution in [0.1, 0.15) is 82.9 Å². The van der Waals surface area contributed by atoms with Gasteiger partial charge in [0.05, 0.1) is 0 Å². The summed E-state index contributed by atoms with van der Waals surface area (Å²) >= 11 is 1.98. The first-order valence-corrected chi connectivity index (χ1v) is 11.3. The fraction of sp³-hybridized carbons (Fsp3) is 0.708. The molecule has 0 bridgehead atoms. The number of hydrogen-bond donors (Lipinski definition) is 0. The summed E-state index contributed by atoms with van der Waals surface area (Å²) in [5, 5.41) is 0.380. The summed E-state index contributed by atoms with van der Waals surface area (Å²) in [4.78, 5) is 14.3. The molecule has 0 spiro atoms. The Morgan fingerprint density at radius 1 is 1.08 bits per heavy atom. The summed E-state index contributed by atoms with van der Waals surface area (Å²) in [7, 11) is 0. The molecule has 2 heteroatoms. The van der Waals surface area contributed by atoms with E-state index in [0.29, 0.717) is 23.4 Å². The number of carbonyl (C=O) groups excluding carboxylic acids is 1. The molecule has 0 radical (unpaired) electrons. The minimum absolute atomic E-state index is 0.248. The van der Waals surface area contributed by atoms with Crippen LogP contribution in [0.15, 0.2) is 17.0 Å². The summed E-state index contributed by atoms with van der Waals surface area (Å²) in [5.41, 5.74) is 3.79. The summed E-state index contributed by atoms with van der Waals surface area (Å²) in [6, 6.07) is 4.56. The number of carbonyl (C=O) groups is 1. The summed E-state index contributed by atoms with van der Waals surface area (Å²) in [6.45, 7) is 15.2. The first-order valence-electron chi connectivity index (χ1n) is 10.4. The molecule has 0 unspecified atom stereocenters. The summed E-state index contributed by atoms with van der Waals surface area (Å²) < 4.78 is 0. The zero-order chi connectivity index (χ0) is 19.5. The molecule has 146 valence electrons. The third-order valence-electron chi connectivity index (χ3n) is 6.08. The minimum Gasteiger partial charge on any atom is -0.299 e. The van der Waals surface area contributed by atoms with Gasteiger partial charge in [0.15, 0.2) is 0 Å². The molecule has 1 fully saturated rings. The highest BCUT2D eigenvalue weighted by Crippen LogP contribution is 2.42. The van der Waals surface area contributed by atoms with Crippen molar-refractivity contribution in [3.8, 4) is 0 Å². The van der Waals surface area contributed by atoms with Crippen LogP contribution in [0.2, 0.25) is 0 Å². The van der Waals surface area contributed by atoms with Crippen LogP contribution in [0.3, 0.4) is 0 Å². The lowest BCUT2D eigenvalue weighted by atomic mass is 9.77. The maximum atomic E-state index is 12.9. The predicted octanol–water partition coefficient (Wildman–Crippen LogP) is 7.29. The average molecular weight is 375 g/mol. The Morgan fingerprint density at radius 2 is 1.62 bits per heavy atom. The molecule has 2 atom stereocenters. The fourth-order valence-corrected chi connectivity index (χ4v) is 5.76. The number of hydrogen-bond acceptors (Lipinski definition) is 2. The lowest BCUT2D eigenvalue weighted by Gasteiger charge is -2.34. The fourth-order valence-electron chi connectivity index (χ4n) is 4.29. The van der Waals surface area contributed by atoms with E-state index in [1.165, 1.54) is 53.7 Å².